The molecular weight excluding hydrogens is 376 g/mol. The number of anilines is 2. The van der Waals surface area contributed by atoms with E-state index >= 15 is 0 Å². The fourth-order valence-electron chi connectivity index (χ4n) is 3.12. The van der Waals surface area contributed by atoms with Gasteiger partial charge in [0, 0.05) is 28.9 Å². The molecule has 0 aliphatic carbocycles. The van der Waals surface area contributed by atoms with Crippen LogP contribution in [0.1, 0.15) is 0 Å². The number of hydrogen-bond acceptors (Lipinski definition) is 6. The Kier molecular flexibility index (Phi) is 4.95. The molecule has 5 rings (SSSR count). The average Bonchev–Trinajstić information content (AvgIpc) is 2.73. The number of hydrogen-bond donors (Lipinski definition) is 1. The fraction of sp³-hybridized carbons (Fsp3) is 0.0952. The molecule has 2 aromatic heterocycles. The van der Waals surface area contributed by atoms with Crippen LogP contribution < -0.4 is 14.8 Å². The summed E-state index contributed by atoms with van der Waals surface area (Å²) >= 11 is 0. The molecule has 140 valence electrons. The van der Waals surface area contributed by atoms with Gasteiger partial charge in [0.25, 0.3) is 0 Å². The molecule has 3 heterocycles. The minimum absolute atomic E-state index is 0. The average molecular weight is 393 g/mol. The zero-order chi connectivity index (χ0) is 18.1. The Balaban J connectivity index is 0.00000192. The van der Waals surface area contributed by atoms with Gasteiger partial charge >= 0.3 is 0 Å². The first kappa shape index (κ1) is 18.0. The minimum atomic E-state index is 0. The van der Waals surface area contributed by atoms with E-state index in [1.807, 2.05) is 54.6 Å². The Bertz CT molecular complexity index is 1120. The maximum absolute atomic E-state index is 5.70. The lowest BCUT2D eigenvalue weighted by Crippen LogP contribution is -2.15. The van der Waals surface area contributed by atoms with Gasteiger partial charge in [0.15, 0.2) is 11.5 Å². The molecule has 7 heteroatoms. The second-order valence-corrected chi connectivity index (χ2v) is 6.16. The van der Waals surface area contributed by atoms with Crippen LogP contribution in [0.15, 0.2) is 67.1 Å². The van der Waals surface area contributed by atoms with Crippen LogP contribution in [-0.2, 0) is 0 Å². The zero-order valence-electron chi connectivity index (χ0n) is 14.8. The number of nitrogens with one attached hydrogen (secondary N) is 1. The molecule has 0 saturated carbocycles. The summed E-state index contributed by atoms with van der Waals surface area (Å²) < 4.78 is 11.3. The molecule has 4 aromatic rings. The van der Waals surface area contributed by atoms with Crippen LogP contribution in [0.4, 0.5) is 11.5 Å². The molecule has 0 radical (unpaired) electrons. The first-order chi connectivity index (χ1) is 13.4. The summed E-state index contributed by atoms with van der Waals surface area (Å²) in [5.41, 5.74) is 3.69. The van der Waals surface area contributed by atoms with Gasteiger partial charge in [0.05, 0.1) is 11.2 Å². The third-order valence-corrected chi connectivity index (χ3v) is 4.39. The number of aromatic nitrogens is 3. The van der Waals surface area contributed by atoms with Crippen LogP contribution in [0.5, 0.6) is 11.5 Å². The number of nitrogens with zero attached hydrogens (tertiary/aromatic N) is 3. The van der Waals surface area contributed by atoms with E-state index in [0.717, 1.165) is 39.4 Å². The van der Waals surface area contributed by atoms with Crippen molar-refractivity contribution >= 4 is 34.8 Å². The Morgan fingerprint density at radius 3 is 2.50 bits per heavy atom. The van der Waals surface area contributed by atoms with E-state index in [-0.39, 0.29) is 12.4 Å². The third kappa shape index (κ3) is 3.42. The van der Waals surface area contributed by atoms with E-state index in [1.165, 1.54) is 0 Å². The predicted octanol–water partition coefficient (Wildman–Crippen LogP) is 4.63. The molecule has 1 N–H and O–H groups in total. The molecule has 2 aromatic carbocycles. The van der Waals surface area contributed by atoms with E-state index in [4.69, 9.17) is 9.47 Å². The van der Waals surface area contributed by atoms with Crippen molar-refractivity contribution < 1.29 is 9.47 Å². The minimum Gasteiger partial charge on any atom is -0.486 e. The van der Waals surface area contributed by atoms with Crippen molar-refractivity contribution in [1.82, 2.24) is 15.0 Å². The van der Waals surface area contributed by atoms with Crippen molar-refractivity contribution in [3.05, 3.63) is 67.1 Å². The second-order valence-electron chi connectivity index (χ2n) is 6.16. The van der Waals surface area contributed by atoms with Gasteiger partial charge in [-0.25, -0.2) is 9.97 Å². The Morgan fingerprint density at radius 1 is 0.821 bits per heavy atom. The van der Waals surface area contributed by atoms with Crippen LogP contribution in [0.3, 0.4) is 0 Å². The number of benzene rings is 2. The van der Waals surface area contributed by atoms with E-state index < -0.39 is 0 Å². The lowest BCUT2D eigenvalue weighted by Gasteiger charge is -2.19. The topological polar surface area (TPSA) is 69.2 Å². The highest BCUT2D eigenvalue weighted by Gasteiger charge is 2.15. The summed E-state index contributed by atoms with van der Waals surface area (Å²) in [7, 11) is 0. The lowest BCUT2D eigenvalue weighted by atomic mass is 10.1. The maximum Gasteiger partial charge on any atom is 0.163 e. The molecule has 1 aliphatic heterocycles. The van der Waals surface area contributed by atoms with Gasteiger partial charge < -0.3 is 14.8 Å². The van der Waals surface area contributed by atoms with E-state index in [9.17, 15) is 0 Å². The zero-order valence-corrected chi connectivity index (χ0v) is 15.6. The summed E-state index contributed by atoms with van der Waals surface area (Å²) in [6.45, 7) is 1.09. The number of pyridine rings is 1. The van der Waals surface area contributed by atoms with Crippen molar-refractivity contribution in [3.63, 3.8) is 0 Å². The predicted molar refractivity (Wildman–Crippen MR) is 111 cm³/mol. The molecule has 0 unspecified atom stereocenters. The molecule has 0 bridgehead atoms. The molecular formula is C21H17ClN4O2. The Labute approximate surface area is 168 Å². The summed E-state index contributed by atoms with van der Waals surface area (Å²) in [6.07, 6.45) is 3.34. The van der Waals surface area contributed by atoms with Crippen LogP contribution >= 0.6 is 12.4 Å². The van der Waals surface area contributed by atoms with Gasteiger partial charge in [-0.1, -0.05) is 18.2 Å². The molecule has 0 amide bonds. The monoisotopic (exact) mass is 392 g/mol. The van der Waals surface area contributed by atoms with Crippen molar-refractivity contribution in [2.45, 2.75) is 0 Å². The smallest absolute Gasteiger partial charge is 0.163 e. The van der Waals surface area contributed by atoms with Crippen molar-refractivity contribution in [3.8, 4) is 22.8 Å². The number of ether oxygens (including phenoxy) is 2. The second kappa shape index (κ2) is 7.70. The normalized spacial score (nSPS) is 12.3. The van der Waals surface area contributed by atoms with Gasteiger partial charge in [0.1, 0.15) is 25.4 Å². The standard InChI is InChI=1S/C21H16N4O2.ClH/c1-2-7-22-17(6-1)14-4-3-5-15(10-14)25-21-16-11-19-20(27-9-8-26-19)12-18(16)23-13-24-21;/h1-7,10-13H,8-9H2,(H,23,24,25);1H. The first-order valence-corrected chi connectivity index (χ1v) is 8.70. The third-order valence-electron chi connectivity index (χ3n) is 4.39. The highest BCUT2D eigenvalue weighted by Crippen LogP contribution is 2.36. The van der Waals surface area contributed by atoms with Crippen molar-refractivity contribution in [2.24, 2.45) is 0 Å². The van der Waals surface area contributed by atoms with Gasteiger partial charge in [-0.3, -0.25) is 4.98 Å². The molecule has 28 heavy (non-hydrogen) atoms. The highest BCUT2D eigenvalue weighted by molar-refractivity contribution is 5.93. The Morgan fingerprint density at radius 2 is 1.68 bits per heavy atom. The van der Waals surface area contributed by atoms with Crippen LogP contribution in [0.25, 0.3) is 22.2 Å². The molecule has 0 fully saturated rings. The number of rotatable bonds is 3. The number of fused-ring (bicyclic) bond motifs is 2. The summed E-state index contributed by atoms with van der Waals surface area (Å²) in [4.78, 5) is 13.2. The molecule has 0 spiro atoms. The maximum atomic E-state index is 5.70. The fourth-order valence-corrected chi connectivity index (χ4v) is 3.12. The van der Waals surface area contributed by atoms with E-state index in [0.29, 0.717) is 19.0 Å². The number of halogens is 1. The molecule has 0 saturated heterocycles. The van der Waals surface area contributed by atoms with Crippen LogP contribution in [0.2, 0.25) is 0 Å². The van der Waals surface area contributed by atoms with Gasteiger partial charge in [-0.15, -0.1) is 12.4 Å². The van der Waals surface area contributed by atoms with Crippen molar-refractivity contribution in [2.75, 3.05) is 18.5 Å². The van der Waals surface area contributed by atoms with Crippen molar-refractivity contribution in [1.29, 1.82) is 0 Å². The summed E-state index contributed by atoms with van der Waals surface area (Å²) in [5.74, 6) is 2.15. The molecule has 0 atom stereocenters. The Hall–Kier alpha value is -3.38. The first-order valence-electron chi connectivity index (χ1n) is 8.70. The summed E-state index contributed by atoms with van der Waals surface area (Å²) in [5, 5.41) is 4.27. The summed E-state index contributed by atoms with van der Waals surface area (Å²) in [6, 6.07) is 17.8. The van der Waals surface area contributed by atoms with Gasteiger partial charge in [-0.05, 0) is 30.3 Å². The van der Waals surface area contributed by atoms with E-state index in [2.05, 4.69) is 20.3 Å². The quantitative estimate of drug-likeness (QED) is 0.548. The van der Waals surface area contributed by atoms with E-state index in [1.54, 1.807) is 12.5 Å². The van der Waals surface area contributed by atoms with Gasteiger partial charge in [-0.2, -0.15) is 0 Å². The van der Waals surface area contributed by atoms with Crippen LogP contribution in [-0.4, -0.2) is 28.2 Å². The lowest BCUT2D eigenvalue weighted by molar-refractivity contribution is 0.172. The molecule has 6 nitrogen and oxygen atoms in total. The molecule has 1 aliphatic rings. The van der Waals surface area contributed by atoms with Crippen LogP contribution in [0, 0.1) is 0 Å². The highest BCUT2D eigenvalue weighted by atomic mass is 35.5. The SMILES string of the molecule is Cl.c1ccc(-c2cccc(Nc3ncnc4cc5c(cc34)OCCO5)c2)nc1. The largest absolute Gasteiger partial charge is 0.486 e. The van der Waals surface area contributed by atoms with Gasteiger partial charge in [0.2, 0.25) is 0 Å².